The van der Waals surface area contributed by atoms with Crippen molar-refractivity contribution in [2.75, 3.05) is 5.32 Å². The predicted molar refractivity (Wildman–Crippen MR) is 104 cm³/mol. The molecular formula is C21H17F2N3O2. The zero-order chi connectivity index (χ0) is 20.1. The number of halogens is 2. The highest BCUT2D eigenvalue weighted by Crippen LogP contribution is 2.19. The molecule has 1 amide bonds. The summed E-state index contributed by atoms with van der Waals surface area (Å²) in [4.78, 5) is 30.9. The lowest BCUT2D eigenvalue weighted by molar-refractivity contribution is -0.111. The molecule has 3 rings (SSSR count). The fourth-order valence-corrected chi connectivity index (χ4v) is 2.58. The van der Waals surface area contributed by atoms with Gasteiger partial charge in [0.1, 0.15) is 17.5 Å². The number of aromatic amines is 1. The number of carbonyl (C=O) groups excluding carboxylic acids is 1. The van der Waals surface area contributed by atoms with Crippen molar-refractivity contribution in [3.05, 3.63) is 87.9 Å². The van der Waals surface area contributed by atoms with Crippen LogP contribution in [0.1, 0.15) is 18.2 Å². The van der Waals surface area contributed by atoms with E-state index in [0.29, 0.717) is 29.2 Å². The van der Waals surface area contributed by atoms with Gasteiger partial charge in [-0.2, -0.15) is 0 Å². The molecular weight excluding hydrogens is 364 g/mol. The molecule has 28 heavy (non-hydrogen) atoms. The second-order valence-corrected chi connectivity index (χ2v) is 5.98. The number of anilines is 1. The summed E-state index contributed by atoms with van der Waals surface area (Å²) in [6.07, 6.45) is 2.74. The van der Waals surface area contributed by atoms with Crippen LogP contribution < -0.4 is 10.9 Å². The lowest BCUT2D eigenvalue weighted by Crippen LogP contribution is -2.11. The molecule has 2 aromatic carbocycles. The minimum Gasteiger partial charge on any atom is -0.322 e. The van der Waals surface area contributed by atoms with Gasteiger partial charge in [-0.3, -0.25) is 9.59 Å². The number of amides is 1. The summed E-state index contributed by atoms with van der Waals surface area (Å²) in [6, 6.07) is 11.7. The van der Waals surface area contributed by atoms with E-state index in [1.165, 1.54) is 12.1 Å². The summed E-state index contributed by atoms with van der Waals surface area (Å²) in [7, 11) is 0. The van der Waals surface area contributed by atoms with Gasteiger partial charge in [-0.25, -0.2) is 13.8 Å². The monoisotopic (exact) mass is 381 g/mol. The Morgan fingerprint density at radius 2 is 1.86 bits per heavy atom. The Morgan fingerprint density at radius 3 is 2.57 bits per heavy atom. The molecule has 7 heteroatoms. The van der Waals surface area contributed by atoms with Gasteiger partial charge in [-0.15, -0.1) is 0 Å². The molecule has 0 saturated carbocycles. The highest BCUT2D eigenvalue weighted by molar-refractivity contribution is 6.02. The molecule has 0 aliphatic carbocycles. The second-order valence-electron chi connectivity index (χ2n) is 5.98. The van der Waals surface area contributed by atoms with Crippen molar-refractivity contribution >= 4 is 17.7 Å². The molecule has 0 fully saturated rings. The van der Waals surface area contributed by atoms with E-state index >= 15 is 0 Å². The molecule has 0 atom stereocenters. The largest absolute Gasteiger partial charge is 0.322 e. The van der Waals surface area contributed by atoms with Crippen LogP contribution in [0, 0.1) is 11.6 Å². The normalized spacial score (nSPS) is 11.0. The van der Waals surface area contributed by atoms with E-state index in [1.807, 2.05) is 6.92 Å². The Balaban J connectivity index is 1.79. The zero-order valence-corrected chi connectivity index (χ0v) is 15.0. The lowest BCUT2D eigenvalue weighted by atomic mass is 10.1. The summed E-state index contributed by atoms with van der Waals surface area (Å²) in [5.74, 6) is -1.67. The standard InChI is InChI=1S/C21H17F2N3O2/c1-2-14-12-20(28)26-21(25-14)13-5-3-6-15(11-13)24-19(27)10-9-16-17(22)7-4-8-18(16)23/h3-12H,2H2,1H3,(H,24,27)(H,25,26,28)/b10-9+. The first-order valence-electron chi connectivity index (χ1n) is 8.60. The minimum absolute atomic E-state index is 0.258. The fourth-order valence-electron chi connectivity index (χ4n) is 2.58. The molecule has 0 bridgehead atoms. The summed E-state index contributed by atoms with van der Waals surface area (Å²) in [5.41, 5.74) is 1.18. The van der Waals surface area contributed by atoms with Gasteiger partial charge in [-0.1, -0.05) is 25.1 Å². The topological polar surface area (TPSA) is 74.8 Å². The van der Waals surface area contributed by atoms with Crippen LogP contribution in [-0.4, -0.2) is 15.9 Å². The lowest BCUT2D eigenvalue weighted by Gasteiger charge is -2.07. The maximum atomic E-state index is 13.6. The molecule has 0 radical (unpaired) electrons. The van der Waals surface area contributed by atoms with Gasteiger partial charge in [0.2, 0.25) is 5.91 Å². The highest BCUT2D eigenvalue weighted by Gasteiger charge is 2.07. The van der Waals surface area contributed by atoms with Crippen molar-refractivity contribution in [3.8, 4) is 11.4 Å². The van der Waals surface area contributed by atoms with E-state index in [9.17, 15) is 18.4 Å². The third kappa shape index (κ3) is 4.56. The average molecular weight is 381 g/mol. The molecule has 0 saturated heterocycles. The number of H-pyrrole nitrogens is 1. The van der Waals surface area contributed by atoms with Gasteiger partial charge in [0, 0.05) is 34.7 Å². The summed E-state index contributed by atoms with van der Waals surface area (Å²) < 4.78 is 27.2. The Bertz CT molecular complexity index is 1090. The van der Waals surface area contributed by atoms with Gasteiger partial charge in [-0.05, 0) is 36.8 Å². The third-order valence-electron chi connectivity index (χ3n) is 3.96. The molecule has 142 valence electrons. The molecule has 1 aromatic heterocycles. The highest BCUT2D eigenvalue weighted by atomic mass is 19.1. The predicted octanol–water partition coefficient (Wildman–Crippen LogP) is 3.93. The number of nitrogens with zero attached hydrogens (tertiary/aromatic N) is 1. The van der Waals surface area contributed by atoms with Crippen LogP contribution in [0.5, 0.6) is 0 Å². The van der Waals surface area contributed by atoms with Gasteiger partial charge in [0.15, 0.2) is 0 Å². The van der Waals surface area contributed by atoms with Crippen LogP contribution in [0.25, 0.3) is 17.5 Å². The van der Waals surface area contributed by atoms with Crippen molar-refractivity contribution < 1.29 is 13.6 Å². The number of hydrogen-bond acceptors (Lipinski definition) is 3. The number of benzene rings is 2. The first kappa shape index (κ1) is 19.2. The minimum atomic E-state index is -0.753. The summed E-state index contributed by atoms with van der Waals surface area (Å²) >= 11 is 0. The van der Waals surface area contributed by atoms with Crippen LogP contribution in [0.15, 0.2) is 59.4 Å². The number of aromatic nitrogens is 2. The van der Waals surface area contributed by atoms with E-state index < -0.39 is 17.5 Å². The maximum absolute atomic E-state index is 13.6. The van der Waals surface area contributed by atoms with Crippen molar-refractivity contribution in [1.82, 2.24) is 9.97 Å². The van der Waals surface area contributed by atoms with E-state index in [0.717, 1.165) is 24.3 Å². The van der Waals surface area contributed by atoms with Crippen LogP contribution in [0.3, 0.4) is 0 Å². The van der Waals surface area contributed by atoms with E-state index in [4.69, 9.17) is 0 Å². The van der Waals surface area contributed by atoms with Crippen molar-refractivity contribution in [2.24, 2.45) is 0 Å². The first-order chi connectivity index (χ1) is 13.5. The Hall–Kier alpha value is -3.61. The molecule has 0 aliphatic rings. The molecule has 0 spiro atoms. The summed E-state index contributed by atoms with van der Waals surface area (Å²) in [6.45, 7) is 1.90. The van der Waals surface area contributed by atoms with Crippen LogP contribution in [0.4, 0.5) is 14.5 Å². The van der Waals surface area contributed by atoms with E-state index in [2.05, 4.69) is 15.3 Å². The SMILES string of the molecule is CCc1cc(=O)[nH]c(-c2cccc(NC(=O)/C=C/c3c(F)cccc3F)c2)n1. The van der Waals surface area contributed by atoms with Gasteiger partial charge >= 0.3 is 0 Å². The number of aryl methyl sites for hydroxylation is 1. The molecule has 0 unspecified atom stereocenters. The van der Waals surface area contributed by atoms with Crippen molar-refractivity contribution in [1.29, 1.82) is 0 Å². The Morgan fingerprint density at radius 1 is 1.14 bits per heavy atom. The molecule has 2 N–H and O–H groups in total. The Labute approximate surface area is 159 Å². The van der Waals surface area contributed by atoms with E-state index in [1.54, 1.807) is 24.3 Å². The van der Waals surface area contributed by atoms with E-state index in [-0.39, 0.29) is 11.1 Å². The Kier molecular flexibility index (Phi) is 5.74. The number of nitrogens with one attached hydrogen (secondary N) is 2. The number of carbonyl (C=O) groups is 1. The number of hydrogen-bond donors (Lipinski definition) is 2. The average Bonchev–Trinajstić information content (AvgIpc) is 2.67. The second kappa shape index (κ2) is 8.39. The number of rotatable bonds is 5. The molecule has 0 aliphatic heterocycles. The van der Waals surface area contributed by atoms with Crippen molar-refractivity contribution in [3.63, 3.8) is 0 Å². The van der Waals surface area contributed by atoms with Gasteiger partial charge in [0.05, 0.1) is 0 Å². The molecule has 5 nitrogen and oxygen atoms in total. The van der Waals surface area contributed by atoms with Gasteiger partial charge in [0.25, 0.3) is 5.56 Å². The first-order valence-corrected chi connectivity index (χ1v) is 8.60. The molecule has 1 heterocycles. The smallest absolute Gasteiger partial charge is 0.251 e. The van der Waals surface area contributed by atoms with Crippen molar-refractivity contribution in [2.45, 2.75) is 13.3 Å². The quantitative estimate of drug-likeness (QED) is 0.658. The third-order valence-corrected chi connectivity index (χ3v) is 3.96. The van der Waals surface area contributed by atoms with Crippen LogP contribution in [-0.2, 0) is 11.2 Å². The molecule has 3 aromatic rings. The fraction of sp³-hybridized carbons (Fsp3) is 0.0952. The van der Waals surface area contributed by atoms with Gasteiger partial charge < -0.3 is 10.3 Å². The zero-order valence-electron chi connectivity index (χ0n) is 15.0. The maximum Gasteiger partial charge on any atom is 0.251 e. The van der Waals surface area contributed by atoms with Crippen LogP contribution >= 0.6 is 0 Å². The van der Waals surface area contributed by atoms with Crippen LogP contribution in [0.2, 0.25) is 0 Å². The summed E-state index contributed by atoms with van der Waals surface area (Å²) in [5, 5.41) is 2.61.